The maximum Gasteiger partial charge on any atom is 0.350 e. The monoisotopic (exact) mass is 566 g/mol. The molecule has 1 atom stereocenters. The number of ether oxygens (including phenoxy) is 5. The Hall–Kier alpha value is -4.58. The number of ketones is 1. The molecule has 1 fully saturated rings. The van der Waals surface area contributed by atoms with E-state index in [1.165, 1.54) is 14.2 Å². The molecule has 0 aliphatic carbocycles. The largest absolute Gasteiger partial charge is 0.507 e. The molecule has 1 amide bonds. The number of benzene rings is 2. The van der Waals surface area contributed by atoms with E-state index in [9.17, 15) is 19.5 Å². The number of aryl methyl sites for hydroxylation is 1. The number of fused-ring (bicyclic) bond motifs is 1. The predicted octanol–water partition coefficient (Wildman–Crippen LogP) is 4.04. The van der Waals surface area contributed by atoms with Crippen LogP contribution in [0.15, 0.2) is 42.0 Å². The lowest BCUT2D eigenvalue weighted by Crippen LogP contribution is -2.29. The van der Waals surface area contributed by atoms with Gasteiger partial charge >= 0.3 is 11.9 Å². The highest BCUT2D eigenvalue weighted by Gasteiger charge is 2.49. The van der Waals surface area contributed by atoms with Gasteiger partial charge in [-0.2, -0.15) is 0 Å². The zero-order valence-electron chi connectivity index (χ0n) is 22.2. The molecule has 1 unspecified atom stereocenters. The summed E-state index contributed by atoms with van der Waals surface area (Å²) in [6.07, 6.45) is 0. The molecule has 12 heteroatoms. The Kier molecular flexibility index (Phi) is 7.35. The van der Waals surface area contributed by atoms with E-state index in [0.29, 0.717) is 47.5 Å². The molecular weight excluding hydrogens is 540 g/mol. The van der Waals surface area contributed by atoms with Crippen molar-refractivity contribution in [3.63, 3.8) is 0 Å². The summed E-state index contributed by atoms with van der Waals surface area (Å²) in [6.45, 7) is 4.17. The summed E-state index contributed by atoms with van der Waals surface area (Å²) >= 11 is 0.915. The molecule has 0 radical (unpaired) electrons. The number of Topliss-reactive ketones (excluding diaryl/α,β-unsaturated/α-hetero) is 1. The van der Waals surface area contributed by atoms with E-state index in [4.69, 9.17) is 23.7 Å². The number of anilines is 1. The molecular formula is C28H26N2O9S. The first-order chi connectivity index (χ1) is 19.3. The van der Waals surface area contributed by atoms with Gasteiger partial charge in [0.15, 0.2) is 16.6 Å². The second-order valence-corrected chi connectivity index (χ2v) is 9.74. The number of carbonyl (C=O) groups excluding carboxylic acids is 3. The zero-order valence-corrected chi connectivity index (χ0v) is 23.0. The second-order valence-electron chi connectivity index (χ2n) is 8.77. The maximum atomic E-state index is 13.6. The van der Waals surface area contributed by atoms with Crippen LogP contribution in [0.5, 0.6) is 23.0 Å². The van der Waals surface area contributed by atoms with Gasteiger partial charge in [0.05, 0.1) is 32.1 Å². The lowest BCUT2D eigenvalue weighted by atomic mass is 9.94. The highest BCUT2D eigenvalue weighted by molar-refractivity contribution is 7.17. The lowest BCUT2D eigenvalue weighted by Gasteiger charge is -2.25. The van der Waals surface area contributed by atoms with E-state index in [-0.39, 0.29) is 27.8 Å². The number of methoxy groups -OCH3 is 2. The Morgan fingerprint density at radius 3 is 2.55 bits per heavy atom. The van der Waals surface area contributed by atoms with Crippen molar-refractivity contribution in [2.24, 2.45) is 0 Å². The minimum absolute atomic E-state index is 0.0822. The first-order valence-electron chi connectivity index (χ1n) is 12.4. The fourth-order valence-corrected chi connectivity index (χ4v) is 5.58. The number of esters is 1. The van der Waals surface area contributed by atoms with Crippen molar-refractivity contribution in [2.75, 3.05) is 38.9 Å². The van der Waals surface area contributed by atoms with Crippen LogP contribution in [0.1, 0.15) is 39.5 Å². The molecule has 208 valence electrons. The topological polar surface area (TPSA) is 134 Å². The lowest BCUT2D eigenvalue weighted by molar-refractivity contribution is -0.132. The Balaban J connectivity index is 1.73. The van der Waals surface area contributed by atoms with Crippen molar-refractivity contribution >= 4 is 39.9 Å². The number of hydrogen-bond acceptors (Lipinski definition) is 11. The minimum atomic E-state index is -1.17. The van der Waals surface area contributed by atoms with E-state index in [1.54, 1.807) is 50.2 Å². The fourth-order valence-electron chi connectivity index (χ4n) is 4.59. The van der Waals surface area contributed by atoms with Crippen molar-refractivity contribution in [3.8, 4) is 23.0 Å². The average Bonchev–Trinajstić information content (AvgIpc) is 3.48. The molecule has 1 saturated heterocycles. The molecule has 1 aromatic heterocycles. The molecule has 40 heavy (non-hydrogen) atoms. The quantitative estimate of drug-likeness (QED) is 0.193. The van der Waals surface area contributed by atoms with Crippen LogP contribution >= 0.6 is 11.3 Å². The van der Waals surface area contributed by atoms with Crippen LogP contribution in [-0.4, -0.2) is 61.8 Å². The van der Waals surface area contributed by atoms with Crippen molar-refractivity contribution < 1.29 is 43.2 Å². The number of nitrogens with zero attached hydrogens (tertiary/aromatic N) is 2. The summed E-state index contributed by atoms with van der Waals surface area (Å²) in [6, 6.07) is 8.49. The normalized spacial score (nSPS) is 17.6. The molecule has 2 aromatic carbocycles. The van der Waals surface area contributed by atoms with E-state index in [1.807, 2.05) is 0 Å². The number of aliphatic hydroxyl groups is 1. The van der Waals surface area contributed by atoms with Crippen molar-refractivity contribution in [2.45, 2.75) is 19.9 Å². The van der Waals surface area contributed by atoms with E-state index in [2.05, 4.69) is 4.98 Å². The number of aromatic nitrogens is 1. The molecule has 3 heterocycles. The third kappa shape index (κ3) is 4.60. The van der Waals surface area contributed by atoms with E-state index in [0.717, 1.165) is 16.2 Å². The summed E-state index contributed by atoms with van der Waals surface area (Å²) in [5, 5.41) is 11.6. The third-order valence-corrected chi connectivity index (χ3v) is 7.58. The summed E-state index contributed by atoms with van der Waals surface area (Å²) in [5.41, 5.74) is 0.754. The van der Waals surface area contributed by atoms with Gasteiger partial charge in [0, 0.05) is 11.1 Å². The van der Waals surface area contributed by atoms with Gasteiger partial charge in [-0.3, -0.25) is 14.5 Å². The maximum absolute atomic E-state index is 13.6. The predicted molar refractivity (Wildman–Crippen MR) is 145 cm³/mol. The molecule has 2 aliphatic heterocycles. The summed E-state index contributed by atoms with van der Waals surface area (Å²) in [5.74, 6) is -1.22. The van der Waals surface area contributed by atoms with Crippen molar-refractivity contribution in [1.29, 1.82) is 0 Å². The number of rotatable bonds is 7. The van der Waals surface area contributed by atoms with Crippen molar-refractivity contribution in [3.05, 3.63) is 63.7 Å². The summed E-state index contributed by atoms with van der Waals surface area (Å²) < 4.78 is 27.3. The molecule has 0 bridgehead atoms. The van der Waals surface area contributed by atoms with Crippen LogP contribution in [-0.2, 0) is 14.3 Å². The molecule has 2 aliphatic rings. The van der Waals surface area contributed by atoms with E-state index < -0.39 is 29.5 Å². The number of hydrogen-bond donors (Lipinski definition) is 1. The molecule has 0 saturated carbocycles. The van der Waals surface area contributed by atoms with Gasteiger partial charge in [-0.15, -0.1) is 0 Å². The van der Waals surface area contributed by atoms with Crippen LogP contribution in [0, 0.1) is 6.92 Å². The van der Waals surface area contributed by atoms with Crippen LogP contribution in [0.25, 0.3) is 5.76 Å². The highest BCUT2D eigenvalue weighted by Crippen LogP contribution is 2.47. The van der Waals surface area contributed by atoms with Crippen LogP contribution in [0.4, 0.5) is 5.13 Å². The Bertz CT molecular complexity index is 1540. The van der Waals surface area contributed by atoms with E-state index >= 15 is 0 Å². The van der Waals surface area contributed by atoms with Crippen LogP contribution in [0.3, 0.4) is 0 Å². The summed E-state index contributed by atoms with van der Waals surface area (Å²) in [7, 11) is 2.93. The molecule has 3 aromatic rings. The number of carbonyl (C=O) groups is 3. The average molecular weight is 567 g/mol. The van der Waals surface area contributed by atoms with Gasteiger partial charge in [0.2, 0.25) is 0 Å². The Morgan fingerprint density at radius 1 is 1.10 bits per heavy atom. The smallest absolute Gasteiger partial charge is 0.350 e. The van der Waals surface area contributed by atoms with Gasteiger partial charge in [-0.1, -0.05) is 11.3 Å². The minimum Gasteiger partial charge on any atom is -0.507 e. The van der Waals surface area contributed by atoms with Gasteiger partial charge in [0.25, 0.3) is 5.78 Å². The Labute approximate surface area is 233 Å². The fraction of sp³-hybridized carbons (Fsp3) is 0.286. The highest BCUT2D eigenvalue weighted by atomic mass is 32.1. The molecule has 11 nitrogen and oxygen atoms in total. The van der Waals surface area contributed by atoms with Gasteiger partial charge in [-0.05, 0) is 50.2 Å². The van der Waals surface area contributed by atoms with Crippen LogP contribution in [0.2, 0.25) is 0 Å². The Morgan fingerprint density at radius 2 is 1.85 bits per heavy atom. The standard InChI is InChI=1S/C28H26N2O9S/c1-5-37-27(34)25-14(2)29-28(40-25)30-22(17-13-16(35-3)7-9-18(17)36-4)21(24(32)26(30)33)23(31)15-6-8-19-20(12-15)39-11-10-38-19/h6-9,12-13,22,31H,5,10-11H2,1-4H3/b23-21+. The third-order valence-electron chi connectivity index (χ3n) is 6.44. The van der Waals surface area contributed by atoms with Gasteiger partial charge in [-0.25, -0.2) is 9.78 Å². The number of thiazole rings is 1. The van der Waals surface area contributed by atoms with Crippen molar-refractivity contribution in [1.82, 2.24) is 4.98 Å². The molecule has 0 spiro atoms. The second kappa shape index (κ2) is 10.9. The first-order valence-corrected chi connectivity index (χ1v) is 13.2. The van der Waals surface area contributed by atoms with Crippen LogP contribution < -0.4 is 23.8 Å². The number of amides is 1. The molecule has 5 rings (SSSR count). The molecule has 1 N–H and O–H groups in total. The zero-order chi connectivity index (χ0) is 28.6. The van der Waals surface area contributed by atoms with Gasteiger partial charge in [0.1, 0.15) is 41.4 Å². The van der Waals surface area contributed by atoms with Gasteiger partial charge < -0.3 is 28.8 Å². The number of aliphatic hydroxyl groups excluding tert-OH is 1. The first kappa shape index (κ1) is 27.0. The SMILES string of the molecule is CCOC(=O)c1sc(N2C(=O)C(=O)/C(=C(/O)c3ccc4c(c3)OCCO4)C2c2cc(OC)ccc2OC)nc1C. The summed E-state index contributed by atoms with van der Waals surface area (Å²) in [4.78, 5) is 45.5.